The molecule has 2 heterocycles. The third-order valence-corrected chi connectivity index (χ3v) is 4.30. The number of hydrogen-bond donors (Lipinski definition) is 2. The second-order valence-electron chi connectivity index (χ2n) is 5.04. The molecule has 0 saturated heterocycles. The summed E-state index contributed by atoms with van der Waals surface area (Å²) in [5.74, 6) is -0.613. The Bertz CT molecular complexity index is 633. The molecule has 0 fully saturated rings. The summed E-state index contributed by atoms with van der Waals surface area (Å²) in [6.45, 7) is 0. The molecule has 0 bridgehead atoms. The van der Waals surface area contributed by atoms with Gasteiger partial charge in [-0.05, 0) is 37.1 Å². The van der Waals surface area contributed by atoms with Crippen molar-refractivity contribution in [2.75, 3.05) is 11.5 Å². The third kappa shape index (κ3) is 22.1. The highest BCUT2D eigenvalue weighted by Crippen LogP contribution is 2.03. The monoisotopic (exact) mass is 404 g/mol. The fourth-order valence-electron chi connectivity index (χ4n) is 1.55. The second-order valence-corrected chi connectivity index (χ2v) is 8.18. The van der Waals surface area contributed by atoms with Crippen LogP contribution in [0.5, 0.6) is 0 Å². The molecule has 0 saturated carbocycles. The lowest BCUT2D eigenvalue weighted by Crippen LogP contribution is -2.05. The summed E-state index contributed by atoms with van der Waals surface area (Å²) in [4.78, 5) is 7.57. The van der Waals surface area contributed by atoms with Gasteiger partial charge in [0.05, 0.1) is 11.5 Å². The Kier molecular flexibility index (Phi) is 13.3. The van der Waals surface area contributed by atoms with E-state index in [9.17, 15) is 16.8 Å². The van der Waals surface area contributed by atoms with Gasteiger partial charge in [0.15, 0.2) is 0 Å². The highest BCUT2D eigenvalue weighted by molar-refractivity contribution is 7.86. The topological polar surface area (TPSA) is 135 Å². The summed E-state index contributed by atoms with van der Waals surface area (Å²) < 4.78 is 57.7. The summed E-state index contributed by atoms with van der Waals surface area (Å²) >= 11 is 0. The maximum Gasteiger partial charge on any atom is 0.264 e. The standard InChI is InChI=1S/C6H14O6S2.2C5H5N/c7-13(8,9)5-3-1-2-4-6-14(10,11)12;2*1-2-4-6-5-3-1/h1-6H2,(H,7,8,9)(H,10,11,12);2*1-5H. The van der Waals surface area contributed by atoms with Gasteiger partial charge in [0.2, 0.25) is 0 Å². The second kappa shape index (κ2) is 14.3. The minimum absolute atomic E-state index is 0.296. The highest BCUT2D eigenvalue weighted by atomic mass is 32.2. The van der Waals surface area contributed by atoms with Crippen molar-refractivity contribution in [3.63, 3.8) is 0 Å². The Labute approximate surface area is 154 Å². The number of rotatable bonds is 7. The number of hydrogen-bond acceptors (Lipinski definition) is 6. The van der Waals surface area contributed by atoms with Gasteiger partial charge < -0.3 is 0 Å². The first-order valence-electron chi connectivity index (χ1n) is 7.81. The van der Waals surface area contributed by atoms with Crippen molar-refractivity contribution in [3.05, 3.63) is 61.2 Å². The van der Waals surface area contributed by atoms with E-state index >= 15 is 0 Å². The summed E-state index contributed by atoms with van der Waals surface area (Å²) in [7, 11) is -7.81. The van der Waals surface area contributed by atoms with Gasteiger partial charge >= 0.3 is 0 Å². The molecule has 2 rings (SSSR count). The van der Waals surface area contributed by atoms with Gasteiger partial charge in [-0.25, -0.2) is 0 Å². The smallest absolute Gasteiger partial charge is 0.264 e. The van der Waals surface area contributed by atoms with Crippen LogP contribution in [0, 0.1) is 0 Å². The molecule has 0 aliphatic heterocycles. The maximum absolute atomic E-state index is 10.2. The predicted molar refractivity (Wildman–Crippen MR) is 99.8 cm³/mol. The fraction of sp³-hybridized carbons (Fsp3) is 0.375. The third-order valence-electron chi connectivity index (χ3n) is 2.69. The quantitative estimate of drug-likeness (QED) is 0.531. The highest BCUT2D eigenvalue weighted by Gasteiger charge is 2.05. The lowest BCUT2D eigenvalue weighted by atomic mass is 10.2. The molecule has 0 spiro atoms. The molecule has 0 atom stereocenters. The van der Waals surface area contributed by atoms with Crippen LogP contribution in [0.15, 0.2) is 61.2 Å². The summed E-state index contributed by atoms with van der Waals surface area (Å²) in [5, 5.41) is 0. The van der Waals surface area contributed by atoms with Crippen molar-refractivity contribution in [1.82, 2.24) is 9.97 Å². The van der Waals surface area contributed by atoms with E-state index in [4.69, 9.17) is 9.11 Å². The zero-order chi connectivity index (χ0) is 19.7. The lowest BCUT2D eigenvalue weighted by Gasteiger charge is -1.98. The average Bonchev–Trinajstić information content (AvgIpc) is 2.60. The van der Waals surface area contributed by atoms with Crippen LogP contribution in [-0.2, 0) is 20.2 Å². The molecule has 0 aromatic carbocycles. The molecule has 0 aliphatic rings. The van der Waals surface area contributed by atoms with Gasteiger partial charge in [-0.15, -0.1) is 0 Å². The number of pyridine rings is 2. The fourth-order valence-corrected chi connectivity index (χ4v) is 2.69. The minimum Gasteiger partial charge on any atom is -0.286 e. The molecule has 2 aromatic rings. The van der Waals surface area contributed by atoms with Gasteiger partial charge in [-0.2, -0.15) is 16.8 Å². The van der Waals surface area contributed by atoms with Gasteiger partial charge in [0.1, 0.15) is 0 Å². The van der Waals surface area contributed by atoms with Crippen molar-refractivity contribution < 1.29 is 25.9 Å². The van der Waals surface area contributed by atoms with Crippen LogP contribution in [0.2, 0.25) is 0 Å². The van der Waals surface area contributed by atoms with Crippen LogP contribution in [0.4, 0.5) is 0 Å². The van der Waals surface area contributed by atoms with Crippen LogP contribution in [0.25, 0.3) is 0 Å². The summed E-state index contributed by atoms with van der Waals surface area (Å²) in [6.07, 6.45) is 8.61. The van der Waals surface area contributed by atoms with Gasteiger partial charge in [-0.1, -0.05) is 25.0 Å². The molecule has 0 radical (unpaired) electrons. The summed E-state index contributed by atoms with van der Waals surface area (Å²) in [5.41, 5.74) is 0. The maximum atomic E-state index is 10.2. The van der Waals surface area contributed by atoms with Gasteiger partial charge in [-0.3, -0.25) is 19.1 Å². The first-order valence-corrected chi connectivity index (χ1v) is 11.0. The molecule has 8 nitrogen and oxygen atoms in total. The van der Waals surface area contributed by atoms with E-state index in [1.54, 1.807) is 24.8 Å². The molecular weight excluding hydrogens is 380 g/mol. The van der Waals surface area contributed by atoms with Crippen molar-refractivity contribution in [2.45, 2.75) is 25.7 Å². The number of aromatic nitrogens is 2. The van der Waals surface area contributed by atoms with Crippen molar-refractivity contribution in [2.24, 2.45) is 0 Å². The van der Waals surface area contributed by atoms with Crippen LogP contribution in [-0.4, -0.2) is 47.4 Å². The molecular formula is C16H24N2O6S2. The molecule has 26 heavy (non-hydrogen) atoms. The van der Waals surface area contributed by atoms with Crippen LogP contribution in [0.1, 0.15) is 25.7 Å². The van der Waals surface area contributed by atoms with Crippen molar-refractivity contribution in [1.29, 1.82) is 0 Å². The van der Waals surface area contributed by atoms with E-state index in [0.717, 1.165) is 0 Å². The zero-order valence-electron chi connectivity index (χ0n) is 14.3. The zero-order valence-corrected chi connectivity index (χ0v) is 15.9. The van der Waals surface area contributed by atoms with E-state index in [0.29, 0.717) is 25.7 Å². The van der Waals surface area contributed by atoms with E-state index in [1.807, 2.05) is 36.4 Å². The molecule has 2 N–H and O–H groups in total. The first kappa shape index (κ1) is 24.1. The van der Waals surface area contributed by atoms with Crippen LogP contribution >= 0.6 is 0 Å². The minimum atomic E-state index is -3.91. The van der Waals surface area contributed by atoms with E-state index in [1.165, 1.54) is 0 Å². The predicted octanol–water partition coefficient (Wildman–Crippen LogP) is 2.49. The number of nitrogens with zero attached hydrogens (tertiary/aromatic N) is 2. The van der Waals surface area contributed by atoms with Crippen molar-refractivity contribution >= 4 is 20.2 Å². The van der Waals surface area contributed by atoms with Gasteiger partial charge in [0.25, 0.3) is 20.2 Å². The normalized spacial score (nSPS) is 10.7. The Morgan fingerprint density at radius 2 is 0.846 bits per heavy atom. The molecule has 0 unspecified atom stereocenters. The van der Waals surface area contributed by atoms with Gasteiger partial charge in [0, 0.05) is 24.8 Å². The van der Waals surface area contributed by atoms with E-state index in [-0.39, 0.29) is 11.5 Å². The molecule has 0 aliphatic carbocycles. The molecule has 10 heteroatoms. The largest absolute Gasteiger partial charge is 0.286 e. The lowest BCUT2D eigenvalue weighted by molar-refractivity contribution is 0.473. The Balaban J connectivity index is 0.000000421. The first-order chi connectivity index (χ1) is 12.2. The number of unbranched alkanes of at least 4 members (excludes halogenated alkanes) is 3. The average molecular weight is 405 g/mol. The van der Waals surface area contributed by atoms with Crippen molar-refractivity contribution in [3.8, 4) is 0 Å². The molecule has 2 aromatic heterocycles. The Hall–Kier alpha value is -1.88. The van der Waals surface area contributed by atoms with Crippen LogP contribution < -0.4 is 0 Å². The molecule has 0 amide bonds. The summed E-state index contributed by atoms with van der Waals surface area (Å²) in [6, 6.07) is 11.4. The van der Waals surface area contributed by atoms with E-state index in [2.05, 4.69) is 9.97 Å². The van der Waals surface area contributed by atoms with Crippen LogP contribution in [0.3, 0.4) is 0 Å². The Morgan fingerprint density at radius 3 is 1.00 bits per heavy atom. The van der Waals surface area contributed by atoms with E-state index < -0.39 is 20.2 Å². The molecule has 146 valence electrons. The SMILES string of the molecule is O=S(=O)(O)CCCCCCS(=O)(=O)O.c1ccncc1.c1ccncc1. The Morgan fingerprint density at radius 1 is 0.538 bits per heavy atom.